The van der Waals surface area contributed by atoms with E-state index < -0.39 is 5.60 Å². The van der Waals surface area contributed by atoms with Gasteiger partial charge in [-0.05, 0) is 30.8 Å². The Bertz CT molecular complexity index is 184. The molecule has 0 aliphatic heterocycles. The largest absolute Gasteiger partial charge is 0.392 e. The molecule has 2 heteroatoms. The number of hydrogen-bond acceptors (Lipinski definition) is 2. The molecule has 0 fully saturated rings. The van der Waals surface area contributed by atoms with Crippen LogP contribution in [0.2, 0.25) is 0 Å². The highest BCUT2D eigenvalue weighted by Gasteiger charge is 2.31. The quantitative estimate of drug-likeness (QED) is 0.616. The topological polar surface area (TPSA) is 40.5 Å². The van der Waals surface area contributed by atoms with E-state index in [2.05, 4.69) is 0 Å². The number of hydrogen-bond donors (Lipinski definition) is 2. The maximum absolute atomic E-state index is 10.0. The molecule has 0 aromatic carbocycles. The molecule has 12 heavy (non-hydrogen) atoms. The lowest BCUT2D eigenvalue weighted by molar-refractivity contribution is -0.0149. The summed E-state index contributed by atoms with van der Waals surface area (Å²) in [5.41, 5.74) is 0.541. The first-order chi connectivity index (χ1) is 5.58. The molecule has 0 aromatic rings. The molecular formula is C10H18O2. The van der Waals surface area contributed by atoms with Crippen molar-refractivity contribution in [3.63, 3.8) is 0 Å². The van der Waals surface area contributed by atoms with Crippen LogP contribution in [0.15, 0.2) is 11.6 Å². The second kappa shape index (κ2) is 3.58. The smallest absolute Gasteiger partial charge is 0.0707 e. The van der Waals surface area contributed by atoms with Gasteiger partial charge >= 0.3 is 0 Å². The van der Waals surface area contributed by atoms with Crippen molar-refractivity contribution in [3.8, 4) is 0 Å². The molecule has 70 valence electrons. The molecule has 1 atom stereocenters. The van der Waals surface area contributed by atoms with Crippen LogP contribution >= 0.6 is 0 Å². The van der Waals surface area contributed by atoms with Crippen molar-refractivity contribution >= 4 is 0 Å². The molecule has 0 aromatic heterocycles. The van der Waals surface area contributed by atoms with Crippen LogP contribution in [0.25, 0.3) is 0 Å². The van der Waals surface area contributed by atoms with E-state index in [0.29, 0.717) is 12.3 Å². The lowest BCUT2D eigenvalue weighted by Crippen LogP contribution is -2.36. The second-order valence-electron chi connectivity index (χ2n) is 3.98. The minimum absolute atomic E-state index is 0.147. The Labute approximate surface area is 73.9 Å². The van der Waals surface area contributed by atoms with Crippen molar-refractivity contribution < 1.29 is 10.2 Å². The summed E-state index contributed by atoms with van der Waals surface area (Å²) in [6.45, 7) is 4.23. The third kappa shape index (κ3) is 1.87. The van der Waals surface area contributed by atoms with Gasteiger partial charge in [-0.1, -0.05) is 19.9 Å². The van der Waals surface area contributed by atoms with Gasteiger partial charge in [-0.25, -0.2) is 0 Å². The molecule has 0 unspecified atom stereocenters. The van der Waals surface area contributed by atoms with Crippen LogP contribution in [0.4, 0.5) is 0 Å². The van der Waals surface area contributed by atoms with Crippen molar-refractivity contribution in [2.75, 3.05) is 6.61 Å². The SMILES string of the molecule is CC(C)[C@@]1(O)CC=C(CO)CC1. The zero-order valence-corrected chi connectivity index (χ0v) is 7.88. The van der Waals surface area contributed by atoms with E-state index in [4.69, 9.17) is 5.11 Å². The molecule has 2 N–H and O–H groups in total. The number of aliphatic hydroxyl groups excluding tert-OH is 1. The molecule has 0 amide bonds. The Kier molecular flexibility index (Phi) is 2.91. The average Bonchev–Trinajstić information content (AvgIpc) is 2.06. The van der Waals surface area contributed by atoms with Crippen molar-refractivity contribution in [2.24, 2.45) is 5.92 Å². The summed E-state index contributed by atoms with van der Waals surface area (Å²) in [4.78, 5) is 0. The first-order valence-electron chi connectivity index (χ1n) is 4.59. The summed E-state index contributed by atoms with van der Waals surface area (Å²) in [6.07, 6.45) is 4.30. The van der Waals surface area contributed by atoms with Gasteiger partial charge in [0.05, 0.1) is 12.2 Å². The molecule has 0 bridgehead atoms. The number of rotatable bonds is 2. The minimum atomic E-state index is -0.529. The average molecular weight is 170 g/mol. The Morgan fingerprint density at radius 2 is 2.25 bits per heavy atom. The fraction of sp³-hybridized carbons (Fsp3) is 0.800. The van der Waals surface area contributed by atoms with Crippen LogP contribution in [0.1, 0.15) is 33.1 Å². The van der Waals surface area contributed by atoms with Gasteiger partial charge in [-0.3, -0.25) is 0 Å². The highest BCUT2D eigenvalue weighted by atomic mass is 16.3. The molecule has 0 radical (unpaired) electrons. The van der Waals surface area contributed by atoms with Crippen molar-refractivity contribution in [2.45, 2.75) is 38.7 Å². The summed E-state index contributed by atoms with van der Waals surface area (Å²) in [5.74, 6) is 0.300. The van der Waals surface area contributed by atoms with E-state index in [1.807, 2.05) is 19.9 Å². The minimum Gasteiger partial charge on any atom is -0.392 e. The fourth-order valence-corrected chi connectivity index (χ4v) is 1.57. The Hall–Kier alpha value is -0.340. The third-order valence-corrected chi connectivity index (χ3v) is 2.90. The first-order valence-corrected chi connectivity index (χ1v) is 4.59. The molecule has 1 aliphatic rings. The van der Waals surface area contributed by atoms with Crippen LogP contribution in [-0.2, 0) is 0 Å². The van der Waals surface area contributed by atoms with Crippen LogP contribution in [0.3, 0.4) is 0 Å². The summed E-state index contributed by atoms with van der Waals surface area (Å²) < 4.78 is 0. The maximum Gasteiger partial charge on any atom is 0.0707 e. The van der Waals surface area contributed by atoms with Crippen LogP contribution < -0.4 is 0 Å². The molecule has 0 saturated carbocycles. The molecular weight excluding hydrogens is 152 g/mol. The highest BCUT2D eigenvalue weighted by molar-refractivity contribution is 5.11. The first kappa shape index (κ1) is 9.75. The van der Waals surface area contributed by atoms with E-state index >= 15 is 0 Å². The standard InChI is InChI=1S/C10H18O2/c1-8(2)10(12)5-3-9(7-11)4-6-10/h3,8,11-12H,4-7H2,1-2H3/t10-/m1/s1. The predicted octanol–water partition coefficient (Wildman–Crippen LogP) is 1.48. The van der Waals surface area contributed by atoms with Crippen molar-refractivity contribution in [1.29, 1.82) is 0 Å². The Morgan fingerprint density at radius 3 is 2.58 bits per heavy atom. The number of aliphatic hydroxyl groups is 2. The molecule has 2 nitrogen and oxygen atoms in total. The summed E-state index contributed by atoms with van der Waals surface area (Å²) in [7, 11) is 0. The summed E-state index contributed by atoms with van der Waals surface area (Å²) in [6, 6.07) is 0. The van der Waals surface area contributed by atoms with E-state index in [1.54, 1.807) is 0 Å². The van der Waals surface area contributed by atoms with Gasteiger partial charge in [0.15, 0.2) is 0 Å². The van der Waals surface area contributed by atoms with Gasteiger partial charge in [-0.15, -0.1) is 0 Å². The Balaban J connectivity index is 2.61. The zero-order chi connectivity index (χ0) is 9.19. The second-order valence-corrected chi connectivity index (χ2v) is 3.98. The summed E-state index contributed by atoms with van der Waals surface area (Å²) in [5, 5.41) is 18.9. The van der Waals surface area contributed by atoms with E-state index in [9.17, 15) is 5.11 Å². The monoisotopic (exact) mass is 170 g/mol. The molecule has 1 rings (SSSR count). The molecule has 0 saturated heterocycles. The van der Waals surface area contributed by atoms with Crippen LogP contribution in [-0.4, -0.2) is 22.4 Å². The highest BCUT2D eigenvalue weighted by Crippen LogP contribution is 2.32. The molecule has 0 heterocycles. The van der Waals surface area contributed by atoms with E-state index in [1.165, 1.54) is 0 Å². The van der Waals surface area contributed by atoms with Crippen LogP contribution in [0, 0.1) is 5.92 Å². The van der Waals surface area contributed by atoms with Gasteiger partial charge < -0.3 is 10.2 Å². The van der Waals surface area contributed by atoms with Crippen LogP contribution in [0.5, 0.6) is 0 Å². The van der Waals surface area contributed by atoms with Gasteiger partial charge in [0.25, 0.3) is 0 Å². The lowest BCUT2D eigenvalue weighted by atomic mass is 9.78. The van der Waals surface area contributed by atoms with Crippen molar-refractivity contribution in [3.05, 3.63) is 11.6 Å². The van der Waals surface area contributed by atoms with Gasteiger partial charge in [0.1, 0.15) is 0 Å². The maximum atomic E-state index is 10.0. The molecule has 0 spiro atoms. The molecule has 1 aliphatic carbocycles. The predicted molar refractivity (Wildman–Crippen MR) is 48.8 cm³/mol. The zero-order valence-electron chi connectivity index (χ0n) is 7.88. The normalized spacial score (nSPS) is 30.6. The van der Waals surface area contributed by atoms with E-state index in [-0.39, 0.29) is 6.61 Å². The van der Waals surface area contributed by atoms with E-state index in [0.717, 1.165) is 18.4 Å². The summed E-state index contributed by atoms with van der Waals surface area (Å²) >= 11 is 0. The van der Waals surface area contributed by atoms with Gasteiger partial charge in [-0.2, -0.15) is 0 Å². The lowest BCUT2D eigenvalue weighted by Gasteiger charge is -2.34. The Morgan fingerprint density at radius 1 is 1.58 bits per heavy atom. The van der Waals surface area contributed by atoms with Crippen molar-refractivity contribution in [1.82, 2.24) is 0 Å². The van der Waals surface area contributed by atoms with Gasteiger partial charge in [0.2, 0.25) is 0 Å². The fourth-order valence-electron chi connectivity index (χ4n) is 1.57. The third-order valence-electron chi connectivity index (χ3n) is 2.90. The van der Waals surface area contributed by atoms with Gasteiger partial charge in [0, 0.05) is 0 Å².